The number of hydrogen-bond donors (Lipinski definition) is 2. The van der Waals surface area contributed by atoms with Gasteiger partial charge in [-0.25, -0.2) is 0 Å². The predicted octanol–water partition coefficient (Wildman–Crippen LogP) is 3.04. The van der Waals surface area contributed by atoms with E-state index < -0.39 is 10.9 Å². The molecule has 1 fully saturated rings. The highest BCUT2D eigenvalue weighted by Crippen LogP contribution is 2.42. The number of likely N-dealkylation sites (N-methyl/N-ethyl adjacent to an activating group) is 1. The van der Waals surface area contributed by atoms with Crippen molar-refractivity contribution < 1.29 is 9.59 Å². The lowest BCUT2D eigenvalue weighted by atomic mass is 10.1. The summed E-state index contributed by atoms with van der Waals surface area (Å²) < 4.78 is 0. The molecule has 1 aliphatic heterocycles. The molecule has 0 saturated heterocycles. The number of benzene rings is 1. The molecule has 3 rings (SSSR count). The second kappa shape index (κ2) is 9.51. The fraction of sp³-hybridized carbons (Fsp3) is 0.571. The molecule has 1 aliphatic carbocycles. The van der Waals surface area contributed by atoms with Crippen molar-refractivity contribution in [1.29, 1.82) is 0 Å². The van der Waals surface area contributed by atoms with Crippen molar-refractivity contribution in [2.45, 2.75) is 55.5 Å². The van der Waals surface area contributed by atoms with Crippen LogP contribution >= 0.6 is 10.9 Å². The molecular formula is C21H31N3O2S. The molecule has 2 atom stereocenters. The zero-order valence-corrected chi connectivity index (χ0v) is 17.3. The molecule has 0 radical (unpaired) electrons. The summed E-state index contributed by atoms with van der Waals surface area (Å²) in [7, 11) is 3.49. The molecule has 1 amide bonds. The van der Waals surface area contributed by atoms with E-state index >= 15 is 0 Å². The van der Waals surface area contributed by atoms with Crippen LogP contribution in [0.1, 0.15) is 48.9 Å². The molecule has 0 aromatic heterocycles. The second-order valence-corrected chi connectivity index (χ2v) is 10.00. The minimum atomic E-state index is -0.407. The topological polar surface area (TPSA) is 61.8 Å². The summed E-state index contributed by atoms with van der Waals surface area (Å²) >= 11 is 0. The first-order chi connectivity index (χ1) is 13.1. The SMILES string of the molecule is CN(C)C(C=O)CCCCC1=NCC[SH]1c1cccc(C(=O)NC2CC2)c1. The van der Waals surface area contributed by atoms with Gasteiger partial charge in [-0.05, 0) is 69.3 Å². The third-order valence-corrected chi connectivity index (χ3v) is 7.77. The van der Waals surface area contributed by atoms with Crippen molar-refractivity contribution in [2.75, 3.05) is 26.4 Å². The standard InChI is InChI=1S/C21H31N3O2S/c1-24(2)18(15-25)7-3-4-9-20-22-12-13-27(20)19-8-5-6-16(14-19)21(26)23-17-10-11-17/h5-6,8,14-15,17-18,27H,3-4,7,9-13H2,1-2H3,(H,23,26). The van der Waals surface area contributed by atoms with Gasteiger partial charge in [0.25, 0.3) is 5.91 Å². The van der Waals surface area contributed by atoms with Crippen LogP contribution in [0.15, 0.2) is 34.2 Å². The van der Waals surface area contributed by atoms with Gasteiger partial charge in [-0.2, -0.15) is 10.9 Å². The van der Waals surface area contributed by atoms with Crippen LogP contribution in [0.25, 0.3) is 0 Å². The van der Waals surface area contributed by atoms with Crippen molar-refractivity contribution in [3.05, 3.63) is 29.8 Å². The molecular weight excluding hydrogens is 358 g/mol. The number of nitrogens with one attached hydrogen (secondary N) is 1. The summed E-state index contributed by atoms with van der Waals surface area (Å²) in [6, 6.07) is 8.52. The summed E-state index contributed by atoms with van der Waals surface area (Å²) in [5.74, 6) is 1.14. The third-order valence-electron chi connectivity index (χ3n) is 5.23. The lowest BCUT2D eigenvalue weighted by molar-refractivity contribution is -0.111. The van der Waals surface area contributed by atoms with Crippen LogP contribution in [0.2, 0.25) is 0 Å². The highest BCUT2D eigenvalue weighted by atomic mass is 32.2. The van der Waals surface area contributed by atoms with Crippen LogP contribution in [0, 0.1) is 0 Å². The fourth-order valence-electron chi connectivity index (χ4n) is 3.38. The van der Waals surface area contributed by atoms with Gasteiger partial charge in [-0.1, -0.05) is 12.5 Å². The van der Waals surface area contributed by atoms with Gasteiger partial charge in [0.05, 0.1) is 11.1 Å². The lowest BCUT2D eigenvalue weighted by Gasteiger charge is -2.20. The average Bonchev–Trinajstić information content (AvgIpc) is 3.35. The maximum Gasteiger partial charge on any atom is 0.251 e. The lowest BCUT2D eigenvalue weighted by Crippen LogP contribution is -2.29. The van der Waals surface area contributed by atoms with Gasteiger partial charge >= 0.3 is 0 Å². The van der Waals surface area contributed by atoms with E-state index in [0.717, 1.165) is 62.7 Å². The number of carbonyl (C=O) groups is 2. The number of unbranched alkanes of at least 4 members (excludes halogenated alkanes) is 1. The molecule has 2 aliphatic rings. The summed E-state index contributed by atoms with van der Waals surface area (Å²) in [6.45, 7) is 0.897. The van der Waals surface area contributed by atoms with Crippen LogP contribution in [0.4, 0.5) is 0 Å². The molecule has 6 heteroatoms. The van der Waals surface area contributed by atoms with Gasteiger partial charge in [-0.3, -0.25) is 9.79 Å². The number of thiol groups is 1. The number of rotatable bonds is 10. The number of aldehydes is 1. The van der Waals surface area contributed by atoms with E-state index in [1.165, 1.54) is 9.94 Å². The molecule has 1 saturated carbocycles. The number of hydrogen-bond acceptors (Lipinski definition) is 4. The largest absolute Gasteiger partial charge is 0.349 e. The van der Waals surface area contributed by atoms with Crippen LogP contribution < -0.4 is 5.32 Å². The highest BCUT2D eigenvalue weighted by Gasteiger charge is 2.25. The molecule has 5 nitrogen and oxygen atoms in total. The third kappa shape index (κ3) is 5.66. The Morgan fingerprint density at radius 1 is 1.37 bits per heavy atom. The Labute approximate surface area is 165 Å². The quantitative estimate of drug-likeness (QED) is 0.367. The van der Waals surface area contributed by atoms with Gasteiger partial charge in [0.1, 0.15) is 6.29 Å². The molecule has 1 aromatic carbocycles. The summed E-state index contributed by atoms with van der Waals surface area (Å²) in [6.07, 6.45) is 7.26. The van der Waals surface area contributed by atoms with E-state index in [1.54, 1.807) is 0 Å². The van der Waals surface area contributed by atoms with E-state index in [4.69, 9.17) is 4.99 Å². The maximum atomic E-state index is 12.3. The molecule has 27 heavy (non-hydrogen) atoms. The Kier molecular flexibility index (Phi) is 7.07. The average molecular weight is 390 g/mol. The van der Waals surface area contributed by atoms with Gasteiger partial charge in [0, 0.05) is 23.9 Å². The Bertz CT molecular complexity index is 700. The number of nitrogens with zero attached hydrogens (tertiary/aromatic N) is 2. The molecule has 1 N–H and O–H groups in total. The molecule has 1 heterocycles. The minimum Gasteiger partial charge on any atom is -0.349 e. The molecule has 2 unspecified atom stereocenters. The zero-order valence-electron chi connectivity index (χ0n) is 16.4. The molecule has 148 valence electrons. The number of carbonyl (C=O) groups excluding carboxylic acids is 2. The predicted molar refractivity (Wildman–Crippen MR) is 113 cm³/mol. The first-order valence-electron chi connectivity index (χ1n) is 9.92. The van der Waals surface area contributed by atoms with Crippen LogP contribution in [0.5, 0.6) is 0 Å². The minimum absolute atomic E-state index is 0.0127. The van der Waals surface area contributed by atoms with E-state index in [-0.39, 0.29) is 11.9 Å². The number of amides is 1. The van der Waals surface area contributed by atoms with Crippen LogP contribution in [0.3, 0.4) is 0 Å². The van der Waals surface area contributed by atoms with E-state index in [2.05, 4.69) is 17.4 Å². The maximum absolute atomic E-state index is 12.3. The van der Waals surface area contributed by atoms with Crippen molar-refractivity contribution >= 4 is 28.1 Å². The Morgan fingerprint density at radius 3 is 2.89 bits per heavy atom. The summed E-state index contributed by atoms with van der Waals surface area (Å²) in [5, 5.41) is 4.39. The zero-order chi connectivity index (χ0) is 19.2. The first kappa shape index (κ1) is 20.1. The Hall–Kier alpha value is -1.66. The fourth-order valence-corrected chi connectivity index (χ4v) is 5.76. The van der Waals surface area contributed by atoms with Crippen LogP contribution in [-0.2, 0) is 4.79 Å². The summed E-state index contributed by atoms with van der Waals surface area (Å²) in [4.78, 5) is 31.4. The van der Waals surface area contributed by atoms with Crippen molar-refractivity contribution in [1.82, 2.24) is 10.2 Å². The highest BCUT2D eigenvalue weighted by molar-refractivity contribution is 8.30. The first-order valence-corrected chi connectivity index (χ1v) is 11.4. The van der Waals surface area contributed by atoms with Crippen molar-refractivity contribution in [3.63, 3.8) is 0 Å². The van der Waals surface area contributed by atoms with Crippen molar-refractivity contribution in [3.8, 4) is 0 Å². The van der Waals surface area contributed by atoms with Gasteiger partial charge in [0.2, 0.25) is 0 Å². The summed E-state index contributed by atoms with van der Waals surface area (Å²) in [5.41, 5.74) is 0.771. The smallest absolute Gasteiger partial charge is 0.251 e. The Morgan fingerprint density at radius 2 is 2.19 bits per heavy atom. The van der Waals surface area contributed by atoms with Crippen LogP contribution in [-0.4, -0.2) is 60.6 Å². The van der Waals surface area contributed by atoms with Gasteiger partial charge in [-0.15, -0.1) is 0 Å². The van der Waals surface area contributed by atoms with E-state index in [9.17, 15) is 9.59 Å². The normalized spacial score (nSPS) is 21.7. The number of aliphatic imine (C=N–C) groups is 1. The van der Waals surface area contributed by atoms with Crippen molar-refractivity contribution in [2.24, 2.45) is 4.99 Å². The molecule has 0 bridgehead atoms. The van der Waals surface area contributed by atoms with Gasteiger partial charge in [0.15, 0.2) is 0 Å². The van der Waals surface area contributed by atoms with Gasteiger partial charge < -0.3 is 15.0 Å². The Balaban J connectivity index is 1.54. The molecule has 0 spiro atoms. The second-order valence-electron chi connectivity index (χ2n) is 7.66. The van der Waals surface area contributed by atoms with E-state index in [0.29, 0.717) is 6.04 Å². The van der Waals surface area contributed by atoms with E-state index in [1.807, 2.05) is 31.1 Å². The molecule has 1 aromatic rings. The monoisotopic (exact) mass is 389 g/mol.